The zero-order valence-electron chi connectivity index (χ0n) is 26.8. The van der Waals surface area contributed by atoms with Crippen molar-refractivity contribution in [1.29, 1.82) is 0 Å². The van der Waals surface area contributed by atoms with Crippen molar-refractivity contribution in [1.82, 2.24) is 0 Å². The SMILES string of the molecule is c1ccc(N(c2ccccc2)c2ccc(-c3ccc4c(c3)Oc3cc(N(c5ccccc5)c5ccccc5)cc5cccc-4c35)cc2)cc1. The molecule has 0 amide bonds. The number of ether oxygens (including phenoxy) is 1. The number of anilines is 6. The molecule has 8 aromatic carbocycles. The fraction of sp³-hybridized carbons (Fsp3) is 0. The van der Waals surface area contributed by atoms with Crippen LogP contribution in [0.2, 0.25) is 0 Å². The number of hydrogen-bond donors (Lipinski definition) is 0. The molecule has 8 aromatic rings. The molecule has 1 aliphatic rings. The number of hydrogen-bond acceptors (Lipinski definition) is 3. The molecule has 0 N–H and O–H groups in total. The predicted octanol–water partition coefficient (Wildman–Crippen LogP) is 13.2. The van der Waals surface area contributed by atoms with Crippen LogP contribution in [0.25, 0.3) is 33.0 Å². The van der Waals surface area contributed by atoms with Crippen LogP contribution >= 0.6 is 0 Å². The molecule has 1 heterocycles. The minimum atomic E-state index is 0.861. The van der Waals surface area contributed by atoms with E-state index in [4.69, 9.17) is 4.74 Å². The Labute approximate surface area is 286 Å². The summed E-state index contributed by atoms with van der Waals surface area (Å²) in [7, 11) is 0. The van der Waals surface area contributed by atoms with Gasteiger partial charge < -0.3 is 14.5 Å². The molecule has 0 atom stereocenters. The van der Waals surface area contributed by atoms with Gasteiger partial charge in [-0.15, -0.1) is 0 Å². The van der Waals surface area contributed by atoms with E-state index >= 15 is 0 Å². The summed E-state index contributed by atoms with van der Waals surface area (Å²) in [5.41, 5.74) is 11.1. The summed E-state index contributed by atoms with van der Waals surface area (Å²) in [5.74, 6) is 1.72. The van der Waals surface area contributed by atoms with E-state index in [-0.39, 0.29) is 0 Å². The summed E-state index contributed by atoms with van der Waals surface area (Å²) in [5, 5.41) is 2.28. The Morgan fingerprint density at radius 1 is 0.306 bits per heavy atom. The first kappa shape index (κ1) is 28.6. The number of benzene rings is 8. The van der Waals surface area contributed by atoms with Crippen molar-refractivity contribution in [2.45, 2.75) is 0 Å². The molecule has 0 unspecified atom stereocenters. The first-order valence-electron chi connectivity index (χ1n) is 16.6. The Bertz CT molecular complexity index is 2310. The average Bonchev–Trinajstić information content (AvgIpc) is 3.17. The number of para-hydroxylation sites is 4. The van der Waals surface area contributed by atoms with Crippen molar-refractivity contribution in [3.63, 3.8) is 0 Å². The smallest absolute Gasteiger partial charge is 0.138 e. The maximum absolute atomic E-state index is 6.82. The van der Waals surface area contributed by atoms with Gasteiger partial charge in [-0.1, -0.05) is 109 Å². The molecule has 3 heteroatoms. The normalized spacial score (nSPS) is 11.4. The topological polar surface area (TPSA) is 15.7 Å². The molecular formula is C46H32N2O. The fourth-order valence-corrected chi connectivity index (χ4v) is 6.94. The standard InChI is InChI=1S/C46H32N2O/c1-5-15-36(16-6-1)47(37-17-7-2-8-18-37)40-27-24-33(25-28-40)34-26-29-42-43-23-13-14-35-30-41(32-45(46(35)43)49-44(42)31-34)48(38-19-9-3-10-20-38)39-21-11-4-12-22-39/h1-32H. The Kier molecular flexibility index (Phi) is 7.14. The largest absolute Gasteiger partial charge is 0.456 e. The Morgan fingerprint density at radius 2 is 0.796 bits per heavy atom. The van der Waals surface area contributed by atoms with Gasteiger partial charge in [0, 0.05) is 45.5 Å². The molecule has 0 saturated heterocycles. The van der Waals surface area contributed by atoms with Crippen molar-refractivity contribution in [3.05, 3.63) is 194 Å². The Morgan fingerprint density at radius 3 is 1.35 bits per heavy atom. The molecule has 0 aromatic heterocycles. The summed E-state index contributed by atoms with van der Waals surface area (Å²) >= 11 is 0. The van der Waals surface area contributed by atoms with Gasteiger partial charge in [0.1, 0.15) is 11.5 Å². The van der Waals surface area contributed by atoms with E-state index in [1.165, 1.54) is 5.56 Å². The quantitative estimate of drug-likeness (QED) is 0.175. The highest BCUT2D eigenvalue weighted by atomic mass is 16.5. The van der Waals surface area contributed by atoms with E-state index in [0.29, 0.717) is 0 Å². The fourth-order valence-electron chi connectivity index (χ4n) is 6.94. The van der Waals surface area contributed by atoms with Gasteiger partial charge in [-0.05, 0) is 101 Å². The van der Waals surface area contributed by atoms with Crippen LogP contribution in [0, 0.1) is 0 Å². The lowest BCUT2D eigenvalue weighted by atomic mass is 9.92. The first-order chi connectivity index (χ1) is 24.3. The van der Waals surface area contributed by atoms with Crippen molar-refractivity contribution >= 4 is 44.9 Å². The molecular weight excluding hydrogens is 597 g/mol. The van der Waals surface area contributed by atoms with Crippen molar-refractivity contribution < 1.29 is 4.74 Å². The van der Waals surface area contributed by atoms with Crippen LogP contribution in [0.15, 0.2) is 194 Å². The molecule has 0 fully saturated rings. The van der Waals surface area contributed by atoms with Gasteiger partial charge in [0.25, 0.3) is 0 Å². The van der Waals surface area contributed by atoms with Crippen LogP contribution < -0.4 is 14.5 Å². The summed E-state index contributed by atoms with van der Waals surface area (Å²) in [4.78, 5) is 4.57. The zero-order valence-corrected chi connectivity index (χ0v) is 26.8. The van der Waals surface area contributed by atoms with E-state index < -0.39 is 0 Å². The lowest BCUT2D eigenvalue weighted by Gasteiger charge is -2.28. The van der Waals surface area contributed by atoms with Crippen LogP contribution in [0.5, 0.6) is 11.5 Å². The van der Waals surface area contributed by atoms with Crippen molar-refractivity contribution in [3.8, 4) is 33.8 Å². The van der Waals surface area contributed by atoms with Crippen LogP contribution in [-0.4, -0.2) is 0 Å². The third-order valence-electron chi connectivity index (χ3n) is 9.19. The molecule has 49 heavy (non-hydrogen) atoms. The van der Waals surface area contributed by atoms with Gasteiger partial charge in [-0.25, -0.2) is 0 Å². The lowest BCUT2D eigenvalue weighted by Crippen LogP contribution is -2.10. The highest BCUT2D eigenvalue weighted by molar-refractivity contribution is 6.06. The van der Waals surface area contributed by atoms with Gasteiger partial charge in [-0.3, -0.25) is 0 Å². The second-order valence-electron chi connectivity index (χ2n) is 12.2. The third-order valence-corrected chi connectivity index (χ3v) is 9.19. The van der Waals surface area contributed by atoms with E-state index in [0.717, 1.165) is 73.1 Å². The average molecular weight is 629 g/mol. The highest BCUT2D eigenvalue weighted by Crippen LogP contribution is 2.50. The predicted molar refractivity (Wildman–Crippen MR) is 204 cm³/mol. The van der Waals surface area contributed by atoms with Gasteiger partial charge in [0.15, 0.2) is 0 Å². The van der Waals surface area contributed by atoms with Gasteiger partial charge in [0.05, 0.1) is 5.69 Å². The maximum Gasteiger partial charge on any atom is 0.138 e. The molecule has 0 aliphatic carbocycles. The molecule has 0 spiro atoms. The van der Waals surface area contributed by atoms with Gasteiger partial charge in [0.2, 0.25) is 0 Å². The molecule has 232 valence electrons. The van der Waals surface area contributed by atoms with Crippen LogP contribution in [0.1, 0.15) is 0 Å². The van der Waals surface area contributed by atoms with Crippen LogP contribution in [0.4, 0.5) is 34.1 Å². The highest BCUT2D eigenvalue weighted by Gasteiger charge is 2.23. The number of fused-ring (bicyclic) bond motifs is 2. The molecule has 0 saturated carbocycles. The second-order valence-corrected chi connectivity index (χ2v) is 12.2. The summed E-state index contributed by atoms with van der Waals surface area (Å²) in [6, 6.07) is 68.3. The molecule has 0 bridgehead atoms. The van der Waals surface area contributed by atoms with E-state index in [2.05, 4.69) is 204 Å². The minimum absolute atomic E-state index is 0.861. The van der Waals surface area contributed by atoms with Gasteiger partial charge in [-0.2, -0.15) is 0 Å². The van der Waals surface area contributed by atoms with Crippen molar-refractivity contribution in [2.24, 2.45) is 0 Å². The maximum atomic E-state index is 6.82. The molecule has 1 aliphatic heterocycles. The van der Waals surface area contributed by atoms with Crippen LogP contribution in [0.3, 0.4) is 0 Å². The van der Waals surface area contributed by atoms with E-state index in [1.807, 2.05) is 0 Å². The summed E-state index contributed by atoms with van der Waals surface area (Å²) in [6.07, 6.45) is 0. The molecule has 9 rings (SSSR count). The van der Waals surface area contributed by atoms with Crippen molar-refractivity contribution in [2.75, 3.05) is 9.80 Å². The van der Waals surface area contributed by atoms with Crippen LogP contribution in [-0.2, 0) is 0 Å². The van der Waals surface area contributed by atoms with E-state index in [9.17, 15) is 0 Å². The van der Waals surface area contributed by atoms with E-state index in [1.54, 1.807) is 0 Å². The third kappa shape index (κ3) is 5.28. The summed E-state index contributed by atoms with van der Waals surface area (Å²) < 4.78 is 6.82. The van der Waals surface area contributed by atoms with Gasteiger partial charge >= 0.3 is 0 Å². The zero-order chi connectivity index (χ0) is 32.6. The minimum Gasteiger partial charge on any atom is -0.456 e. The molecule has 0 radical (unpaired) electrons. The second kappa shape index (κ2) is 12.2. The lowest BCUT2D eigenvalue weighted by molar-refractivity contribution is 0.487. The Balaban J connectivity index is 1.10. The Hall–Kier alpha value is -6.58. The number of rotatable bonds is 7. The number of nitrogens with zero attached hydrogens (tertiary/aromatic N) is 2. The summed E-state index contributed by atoms with van der Waals surface area (Å²) in [6.45, 7) is 0. The molecule has 3 nitrogen and oxygen atoms in total. The monoisotopic (exact) mass is 628 g/mol. The first-order valence-corrected chi connectivity index (χ1v) is 16.6.